The second-order valence-electron chi connectivity index (χ2n) is 5.01. The Hall–Kier alpha value is -1.91. The first kappa shape index (κ1) is 14.5. The first-order chi connectivity index (χ1) is 9.61. The fourth-order valence-corrected chi connectivity index (χ4v) is 2.48. The van der Waals surface area contributed by atoms with Crippen molar-refractivity contribution < 1.29 is 18.7 Å². The summed E-state index contributed by atoms with van der Waals surface area (Å²) in [6.07, 6.45) is 5.07. The molecule has 1 fully saturated rings. The number of hydrogen-bond donors (Lipinski definition) is 1. The predicted octanol–water partition coefficient (Wildman–Crippen LogP) is 3.13. The van der Waals surface area contributed by atoms with Crippen molar-refractivity contribution in [1.29, 1.82) is 0 Å². The minimum Gasteiger partial charge on any atom is -0.465 e. The lowest BCUT2D eigenvalue weighted by Crippen LogP contribution is -2.24. The van der Waals surface area contributed by atoms with Crippen LogP contribution in [-0.2, 0) is 9.53 Å². The van der Waals surface area contributed by atoms with Gasteiger partial charge in [-0.05, 0) is 31.0 Å². The predicted molar refractivity (Wildman–Crippen MR) is 72.9 cm³/mol. The van der Waals surface area contributed by atoms with Crippen molar-refractivity contribution in [3.63, 3.8) is 0 Å². The summed E-state index contributed by atoms with van der Waals surface area (Å²) in [5.41, 5.74) is 0.230. The third-order valence-electron chi connectivity index (χ3n) is 3.62. The van der Waals surface area contributed by atoms with E-state index in [2.05, 4.69) is 10.1 Å². The highest BCUT2D eigenvalue weighted by molar-refractivity contribution is 5.94. The molecular formula is C15H18FNO3. The molecule has 0 spiro atoms. The number of carbonyl (C=O) groups excluding carboxylic acids is 2. The Morgan fingerprint density at radius 1 is 1.25 bits per heavy atom. The Bertz CT molecular complexity index is 510. The van der Waals surface area contributed by atoms with Gasteiger partial charge in [-0.25, -0.2) is 9.18 Å². The highest BCUT2D eigenvalue weighted by Gasteiger charge is 2.21. The maximum Gasteiger partial charge on any atom is 0.340 e. The van der Waals surface area contributed by atoms with Gasteiger partial charge in [0, 0.05) is 11.6 Å². The van der Waals surface area contributed by atoms with Gasteiger partial charge in [-0.3, -0.25) is 4.79 Å². The summed E-state index contributed by atoms with van der Waals surface area (Å²) in [5.74, 6) is -1.49. The lowest BCUT2D eigenvalue weighted by atomic mass is 9.88. The number of amides is 1. The standard InChI is InChI=1S/C15H18FNO3/c1-20-15(19)12-8-7-11(9-13(12)16)17-14(18)10-5-3-2-4-6-10/h7-10H,2-6H2,1H3,(H,17,18). The molecule has 0 radical (unpaired) electrons. The van der Waals surface area contributed by atoms with Gasteiger partial charge < -0.3 is 10.1 Å². The van der Waals surface area contributed by atoms with Gasteiger partial charge in [-0.1, -0.05) is 19.3 Å². The molecule has 0 heterocycles. The van der Waals surface area contributed by atoms with Crippen molar-refractivity contribution in [3.05, 3.63) is 29.6 Å². The maximum absolute atomic E-state index is 13.7. The molecule has 1 aliphatic carbocycles. The molecule has 1 amide bonds. The van der Waals surface area contributed by atoms with Crippen LogP contribution in [0.5, 0.6) is 0 Å². The van der Waals surface area contributed by atoms with Crippen molar-refractivity contribution in [2.45, 2.75) is 32.1 Å². The Morgan fingerprint density at radius 3 is 2.55 bits per heavy atom. The average Bonchev–Trinajstić information content (AvgIpc) is 2.47. The number of esters is 1. The SMILES string of the molecule is COC(=O)c1ccc(NC(=O)C2CCCCC2)cc1F. The van der Waals surface area contributed by atoms with E-state index in [1.165, 1.54) is 25.7 Å². The number of benzene rings is 1. The van der Waals surface area contributed by atoms with E-state index in [-0.39, 0.29) is 17.4 Å². The summed E-state index contributed by atoms with van der Waals surface area (Å²) >= 11 is 0. The third-order valence-corrected chi connectivity index (χ3v) is 3.62. The summed E-state index contributed by atoms with van der Waals surface area (Å²) < 4.78 is 18.2. The van der Waals surface area contributed by atoms with Crippen molar-refractivity contribution >= 4 is 17.6 Å². The number of methoxy groups -OCH3 is 1. The van der Waals surface area contributed by atoms with Crippen molar-refractivity contribution in [3.8, 4) is 0 Å². The van der Waals surface area contributed by atoms with Crippen molar-refractivity contribution in [2.24, 2.45) is 5.92 Å². The fourth-order valence-electron chi connectivity index (χ4n) is 2.48. The van der Waals surface area contributed by atoms with Crippen LogP contribution in [0, 0.1) is 11.7 Å². The van der Waals surface area contributed by atoms with E-state index in [0.717, 1.165) is 31.7 Å². The summed E-state index contributed by atoms with van der Waals surface area (Å²) in [6.45, 7) is 0. The van der Waals surface area contributed by atoms with Gasteiger partial charge in [-0.15, -0.1) is 0 Å². The number of halogens is 1. The van der Waals surface area contributed by atoms with Crippen LogP contribution in [0.3, 0.4) is 0 Å². The number of nitrogens with one attached hydrogen (secondary N) is 1. The smallest absolute Gasteiger partial charge is 0.340 e. The molecule has 1 aliphatic rings. The minimum atomic E-state index is -0.729. The normalized spacial score (nSPS) is 15.7. The zero-order chi connectivity index (χ0) is 14.5. The zero-order valence-corrected chi connectivity index (χ0v) is 11.4. The largest absolute Gasteiger partial charge is 0.465 e. The molecule has 0 saturated heterocycles. The van der Waals surface area contributed by atoms with Crippen LogP contribution in [0.1, 0.15) is 42.5 Å². The van der Waals surface area contributed by atoms with Crippen LogP contribution in [0.25, 0.3) is 0 Å². The Labute approximate surface area is 117 Å². The first-order valence-corrected chi connectivity index (χ1v) is 6.80. The topological polar surface area (TPSA) is 55.4 Å². The van der Waals surface area contributed by atoms with E-state index >= 15 is 0 Å². The summed E-state index contributed by atoms with van der Waals surface area (Å²) in [7, 11) is 1.19. The highest BCUT2D eigenvalue weighted by Crippen LogP contribution is 2.25. The minimum absolute atomic E-state index is 0.00657. The summed E-state index contributed by atoms with van der Waals surface area (Å²) in [6, 6.07) is 3.97. The van der Waals surface area contributed by atoms with Crippen LogP contribution in [0.15, 0.2) is 18.2 Å². The van der Waals surface area contributed by atoms with Gasteiger partial charge >= 0.3 is 5.97 Å². The lowest BCUT2D eigenvalue weighted by Gasteiger charge is -2.20. The maximum atomic E-state index is 13.7. The number of ether oxygens (including phenoxy) is 1. The molecule has 20 heavy (non-hydrogen) atoms. The molecule has 0 aliphatic heterocycles. The number of anilines is 1. The number of rotatable bonds is 3. The number of hydrogen-bond acceptors (Lipinski definition) is 3. The van der Waals surface area contributed by atoms with E-state index < -0.39 is 11.8 Å². The second kappa shape index (κ2) is 6.50. The van der Waals surface area contributed by atoms with Gasteiger partial charge in [0.15, 0.2) is 0 Å². The van der Waals surface area contributed by atoms with Gasteiger partial charge in [0.25, 0.3) is 0 Å². The van der Waals surface area contributed by atoms with Crippen LogP contribution < -0.4 is 5.32 Å². The quantitative estimate of drug-likeness (QED) is 0.865. The van der Waals surface area contributed by atoms with E-state index in [4.69, 9.17) is 0 Å². The van der Waals surface area contributed by atoms with Gasteiger partial charge in [0.1, 0.15) is 5.82 Å². The molecule has 1 aromatic carbocycles. The van der Waals surface area contributed by atoms with E-state index in [0.29, 0.717) is 5.69 Å². The van der Waals surface area contributed by atoms with Crippen molar-refractivity contribution in [2.75, 3.05) is 12.4 Å². The zero-order valence-electron chi connectivity index (χ0n) is 11.4. The molecule has 108 valence electrons. The van der Waals surface area contributed by atoms with Crippen LogP contribution in [-0.4, -0.2) is 19.0 Å². The number of carbonyl (C=O) groups is 2. The van der Waals surface area contributed by atoms with Gasteiger partial charge in [0.05, 0.1) is 12.7 Å². The molecule has 0 aromatic heterocycles. The summed E-state index contributed by atoms with van der Waals surface area (Å²) in [5, 5.41) is 2.71. The molecule has 1 aromatic rings. The molecule has 0 atom stereocenters. The van der Waals surface area contributed by atoms with Crippen LogP contribution in [0.4, 0.5) is 10.1 Å². The molecular weight excluding hydrogens is 261 g/mol. The van der Waals surface area contributed by atoms with Crippen LogP contribution >= 0.6 is 0 Å². The van der Waals surface area contributed by atoms with Crippen LogP contribution in [0.2, 0.25) is 0 Å². The molecule has 4 nitrogen and oxygen atoms in total. The van der Waals surface area contributed by atoms with E-state index in [9.17, 15) is 14.0 Å². The van der Waals surface area contributed by atoms with Gasteiger partial charge in [-0.2, -0.15) is 0 Å². The third kappa shape index (κ3) is 3.35. The van der Waals surface area contributed by atoms with E-state index in [1.54, 1.807) is 0 Å². The second-order valence-corrected chi connectivity index (χ2v) is 5.01. The van der Waals surface area contributed by atoms with E-state index in [1.807, 2.05) is 0 Å². The molecule has 5 heteroatoms. The molecule has 0 unspecified atom stereocenters. The van der Waals surface area contributed by atoms with Crippen molar-refractivity contribution in [1.82, 2.24) is 0 Å². The fraction of sp³-hybridized carbons (Fsp3) is 0.467. The Balaban J connectivity index is 2.04. The monoisotopic (exact) mass is 279 g/mol. The molecule has 1 N–H and O–H groups in total. The molecule has 1 saturated carbocycles. The van der Waals surface area contributed by atoms with Gasteiger partial charge in [0.2, 0.25) is 5.91 Å². The molecule has 0 bridgehead atoms. The summed E-state index contributed by atoms with van der Waals surface area (Å²) in [4.78, 5) is 23.3. The highest BCUT2D eigenvalue weighted by atomic mass is 19.1. The Morgan fingerprint density at radius 2 is 1.95 bits per heavy atom. The average molecular weight is 279 g/mol. The lowest BCUT2D eigenvalue weighted by molar-refractivity contribution is -0.120. The molecule has 2 rings (SSSR count). The Kier molecular flexibility index (Phi) is 4.71. The first-order valence-electron chi connectivity index (χ1n) is 6.80.